The van der Waals surface area contributed by atoms with Crippen molar-refractivity contribution in [3.05, 3.63) is 31.0 Å². The van der Waals surface area contributed by atoms with Gasteiger partial charge in [0.25, 0.3) is 0 Å². The van der Waals surface area contributed by atoms with Gasteiger partial charge in [-0.25, -0.2) is 0 Å². The predicted molar refractivity (Wildman–Crippen MR) is 25.7 cm³/mol. The van der Waals surface area contributed by atoms with Crippen LogP contribution in [0.4, 0.5) is 0 Å². The van der Waals surface area contributed by atoms with Crippen molar-refractivity contribution < 1.29 is 4.84 Å². The Morgan fingerprint density at radius 1 is 1.43 bits per heavy atom. The quantitative estimate of drug-likeness (QED) is 0.476. The highest BCUT2D eigenvalue weighted by Gasteiger charge is 1.79. The second-order valence-electron chi connectivity index (χ2n) is 1.05. The molecule has 2 radical (unpaired) electrons. The van der Waals surface area contributed by atoms with E-state index in [0.29, 0.717) is 0 Å². The number of hydrogen-bond acceptors (Lipinski definition) is 2. The molecule has 0 aromatic rings. The molecule has 1 aliphatic rings. The Morgan fingerprint density at radius 3 is 3.43 bits per heavy atom. The van der Waals surface area contributed by atoms with Gasteiger partial charge in [0.05, 0.1) is 0 Å². The Morgan fingerprint density at radius 2 is 2.43 bits per heavy atom. The van der Waals surface area contributed by atoms with E-state index in [4.69, 9.17) is 0 Å². The first kappa shape index (κ1) is 4.40. The molecule has 0 amide bonds. The van der Waals surface area contributed by atoms with Gasteiger partial charge >= 0.3 is 0 Å². The summed E-state index contributed by atoms with van der Waals surface area (Å²) in [5, 5.41) is 0. The van der Waals surface area contributed by atoms with Gasteiger partial charge in [-0.2, -0.15) is 0 Å². The van der Waals surface area contributed by atoms with Crippen LogP contribution in [0.3, 0.4) is 0 Å². The van der Waals surface area contributed by atoms with E-state index in [1.807, 2.05) is 6.08 Å². The highest BCUT2D eigenvalue weighted by molar-refractivity contribution is 5.05. The van der Waals surface area contributed by atoms with E-state index >= 15 is 0 Å². The third-order valence-corrected chi connectivity index (χ3v) is 0.555. The zero-order valence-electron chi connectivity index (χ0n) is 3.72. The van der Waals surface area contributed by atoms with Crippen molar-refractivity contribution in [1.29, 1.82) is 0 Å². The molecule has 0 saturated carbocycles. The highest BCUT2D eigenvalue weighted by Crippen LogP contribution is 1.84. The Labute approximate surface area is 42.4 Å². The van der Waals surface area contributed by atoms with Crippen LogP contribution in [0.15, 0.2) is 24.5 Å². The number of nitrogens with one attached hydrogen (secondary N) is 1. The van der Waals surface area contributed by atoms with Crippen molar-refractivity contribution in [3.8, 4) is 0 Å². The molecule has 0 fully saturated rings. The summed E-state index contributed by atoms with van der Waals surface area (Å²) in [5.41, 5.74) is 2.42. The fourth-order valence-electron chi connectivity index (χ4n) is 0.290. The lowest BCUT2D eigenvalue weighted by molar-refractivity contribution is 0.166. The topological polar surface area (TPSA) is 21.3 Å². The molecule has 36 valence electrons. The fraction of sp³-hybridized carbons (Fsp3) is 0. The molecule has 0 aliphatic carbocycles. The van der Waals surface area contributed by atoms with Crippen LogP contribution in [0.25, 0.3) is 0 Å². The zero-order valence-corrected chi connectivity index (χ0v) is 3.72. The average molecular weight is 95.1 g/mol. The van der Waals surface area contributed by atoms with Crippen LogP contribution in [0.1, 0.15) is 0 Å². The van der Waals surface area contributed by atoms with Crippen molar-refractivity contribution >= 4 is 0 Å². The van der Waals surface area contributed by atoms with Crippen LogP contribution in [0.2, 0.25) is 0 Å². The van der Waals surface area contributed by atoms with Crippen molar-refractivity contribution in [2.24, 2.45) is 0 Å². The molecule has 0 spiro atoms. The summed E-state index contributed by atoms with van der Waals surface area (Å²) in [6, 6.07) is 0. The second-order valence-corrected chi connectivity index (χ2v) is 1.05. The summed E-state index contributed by atoms with van der Waals surface area (Å²) in [4.78, 5) is 4.59. The lowest BCUT2D eigenvalue weighted by atomic mass is 10.5. The summed E-state index contributed by atoms with van der Waals surface area (Å²) < 4.78 is 0. The molecular formula is C5H5NO. The van der Waals surface area contributed by atoms with E-state index in [-0.39, 0.29) is 0 Å². The van der Waals surface area contributed by atoms with Crippen LogP contribution in [0.5, 0.6) is 0 Å². The van der Waals surface area contributed by atoms with Crippen molar-refractivity contribution in [2.75, 3.05) is 0 Å². The van der Waals surface area contributed by atoms with E-state index in [0.717, 1.165) is 0 Å². The van der Waals surface area contributed by atoms with Gasteiger partial charge in [0.2, 0.25) is 0 Å². The highest BCUT2D eigenvalue weighted by atomic mass is 16.6. The van der Waals surface area contributed by atoms with Crippen LogP contribution in [-0.4, -0.2) is 0 Å². The van der Waals surface area contributed by atoms with E-state index in [9.17, 15) is 0 Å². The van der Waals surface area contributed by atoms with Crippen LogP contribution in [0, 0.1) is 6.54 Å². The summed E-state index contributed by atoms with van der Waals surface area (Å²) >= 11 is 0. The molecular weight excluding hydrogens is 90.1 g/mol. The summed E-state index contributed by atoms with van der Waals surface area (Å²) in [7, 11) is 0. The van der Waals surface area contributed by atoms with Gasteiger partial charge < -0.3 is 4.84 Å². The molecule has 0 aromatic heterocycles. The lowest BCUT2D eigenvalue weighted by Crippen LogP contribution is -2.02. The summed E-state index contributed by atoms with van der Waals surface area (Å²) in [5.74, 6) is 0. The first-order valence-electron chi connectivity index (χ1n) is 1.98. The van der Waals surface area contributed by atoms with E-state index in [1.54, 1.807) is 12.2 Å². The standard InChI is InChI=1S/C5H5NO/c1-2-4-6-7-5-3-1/h1-3,5-6H. The Hall–Kier alpha value is -0.760. The molecule has 0 aromatic carbocycles. The fourth-order valence-corrected chi connectivity index (χ4v) is 0.290. The Balaban J connectivity index is 2.39. The third kappa shape index (κ3) is 1.41. The number of rotatable bonds is 0. The maximum atomic E-state index is 4.59. The van der Waals surface area contributed by atoms with Crippen molar-refractivity contribution in [1.82, 2.24) is 5.48 Å². The van der Waals surface area contributed by atoms with Crippen molar-refractivity contribution in [2.45, 2.75) is 0 Å². The number of allylic oxidation sites excluding steroid dienone is 2. The van der Waals surface area contributed by atoms with Gasteiger partial charge in [0.1, 0.15) is 12.8 Å². The van der Waals surface area contributed by atoms with Crippen LogP contribution in [-0.2, 0) is 4.84 Å². The maximum absolute atomic E-state index is 4.59. The largest absolute Gasteiger partial charge is 0.416 e. The van der Waals surface area contributed by atoms with Gasteiger partial charge in [-0.1, -0.05) is 12.2 Å². The minimum atomic E-state index is 1.54. The minimum Gasteiger partial charge on any atom is -0.416 e. The minimum absolute atomic E-state index is 1.54. The van der Waals surface area contributed by atoms with Crippen LogP contribution < -0.4 is 5.48 Å². The van der Waals surface area contributed by atoms with Gasteiger partial charge in [-0.05, 0) is 6.08 Å². The Bertz CT molecular complexity index is 84.3. The molecule has 0 unspecified atom stereocenters. The van der Waals surface area contributed by atoms with Crippen LogP contribution >= 0.6 is 0 Å². The normalized spacial score (nSPS) is 18.3. The lowest BCUT2D eigenvalue weighted by Gasteiger charge is -1.90. The number of hydrogen-bond donors (Lipinski definition) is 1. The SMILES string of the molecule is [C]1C=CC=CON1. The van der Waals surface area contributed by atoms with Gasteiger partial charge in [-0.15, -0.1) is 5.48 Å². The second kappa shape index (κ2) is 2.42. The summed E-state index contributed by atoms with van der Waals surface area (Å²) in [6.45, 7) is 2.63. The van der Waals surface area contributed by atoms with Gasteiger partial charge in [0, 0.05) is 0 Å². The van der Waals surface area contributed by atoms with E-state index < -0.39 is 0 Å². The monoisotopic (exact) mass is 95.0 g/mol. The Kier molecular flexibility index (Phi) is 1.52. The average Bonchev–Trinajstić information content (AvgIpc) is 1.90. The smallest absolute Gasteiger partial charge is 0.126 e. The molecule has 0 atom stereocenters. The molecule has 0 bridgehead atoms. The maximum Gasteiger partial charge on any atom is 0.126 e. The molecule has 1 heterocycles. The molecule has 2 heteroatoms. The molecule has 1 aliphatic heterocycles. The predicted octanol–water partition coefficient (Wildman–Crippen LogP) is 0.630. The van der Waals surface area contributed by atoms with Crippen molar-refractivity contribution in [3.63, 3.8) is 0 Å². The molecule has 7 heavy (non-hydrogen) atoms. The summed E-state index contributed by atoms with van der Waals surface area (Å²) in [6.07, 6.45) is 6.85. The zero-order chi connectivity index (χ0) is 4.95. The third-order valence-electron chi connectivity index (χ3n) is 0.555. The molecule has 1 N–H and O–H groups in total. The van der Waals surface area contributed by atoms with E-state index in [1.165, 1.54) is 6.26 Å². The molecule has 0 saturated heterocycles. The first-order valence-corrected chi connectivity index (χ1v) is 1.98. The molecule has 2 nitrogen and oxygen atoms in total. The van der Waals surface area contributed by atoms with Gasteiger partial charge in [0.15, 0.2) is 0 Å². The first-order chi connectivity index (χ1) is 3.50. The number of hydroxylamine groups is 1. The van der Waals surface area contributed by atoms with Gasteiger partial charge in [-0.3, -0.25) is 0 Å². The van der Waals surface area contributed by atoms with E-state index in [2.05, 4.69) is 16.9 Å². The molecule has 1 rings (SSSR count).